The molecule has 0 amide bonds. The Morgan fingerprint density at radius 1 is 0.355 bits per heavy atom. The number of hydrogen-bond donors (Lipinski definition) is 1. The molecule has 0 heterocycles. The van der Waals surface area contributed by atoms with Crippen LogP contribution in [0.25, 0.3) is 0 Å². The number of allylic oxidation sites excluding steroid dienone is 2. The molecule has 19 nitrogen and oxygen atoms in total. The van der Waals surface area contributed by atoms with Crippen LogP contribution in [0.15, 0.2) is 18.3 Å². The van der Waals surface area contributed by atoms with Crippen LogP contribution < -0.4 is 5.73 Å². The number of hydrogen-bond acceptors (Lipinski definition) is 19. The summed E-state index contributed by atoms with van der Waals surface area (Å²) in [4.78, 5) is 114. The molecule has 0 saturated heterocycles. The standard InChI is InChI=1S/C49H80I3NO11.C38H71ClO7/c1-6-8-10-12-14-16-18-20-22-24-26-28-30-32-40(56)60-34-39(35-61-41(57)33-31-29-27-25-23-21-19-17-15-13-11-9-7-2)64-48(59)63-38(5)62-47(58)49(53)45(51)42(36(3)54)44(50)43(37(4)55)46(49)52;1-4-6-8-10-12-14-16-18-20-22-24-26-28-30-36(40)43-32-35(46-38(42)45-34(3)39)33-44-37(41)31-29-27-25-23-21-19-17-15-13-11-9-7-5-2/h38-39,45H,6-35,53H2,1-5H3;34-35H,4-33H2,1-3H3. The van der Waals surface area contributed by atoms with Crippen molar-refractivity contribution in [1.29, 1.82) is 0 Å². The Morgan fingerprint density at radius 2 is 0.582 bits per heavy atom. The highest BCUT2D eigenvalue weighted by Crippen LogP contribution is 2.47. The maximum Gasteiger partial charge on any atom is 0.511 e. The molecule has 0 bridgehead atoms. The lowest BCUT2D eigenvalue weighted by Crippen LogP contribution is -2.60. The first-order chi connectivity index (χ1) is 53.0. The maximum absolute atomic E-state index is 13.6. The van der Waals surface area contributed by atoms with Crippen LogP contribution in [0.3, 0.4) is 0 Å². The summed E-state index contributed by atoms with van der Waals surface area (Å²) < 4.78 is 47.4. The lowest BCUT2D eigenvalue weighted by atomic mass is 9.82. The van der Waals surface area contributed by atoms with Crippen molar-refractivity contribution >= 4 is 133 Å². The zero-order valence-electron chi connectivity index (χ0n) is 69.8. The summed E-state index contributed by atoms with van der Waals surface area (Å²) in [6.45, 7) is 13.2. The highest BCUT2D eigenvalue weighted by molar-refractivity contribution is 14.1. The molecule has 0 spiro atoms. The summed E-state index contributed by atoms with van der Waals surface area (Å²) in [6, 6.07) is 0. The Morgan fingerprint density at radius 3 is 0.800 bits per heavy atom. The monoisotopic (exact) mass is 1910 g/mol. The quantitative estimate of drug-likeness (QED) is 0.0148. The number of carbonyl (C=O) groups excluding carboxylic acids is 9. The summed E-state index contributed by atoms with van der Waals surface area (Å²) in [7, 11) is 0. The molecule has 0 aliphatic heterocycles. The van der Waals surface area contributed by atoms with Gasteiger partial charge >= 0.3 is 42.2 Å². The molecule has 0 saturated carbocycles. The number of carbonyl (C=O) groups is 9. The van der Waals surface area contributed by atoms with Crippen LogP contribution in [0.5, 0.6) is 0 Å². The molecule has 110 heavy (non-hydrogen) atoms. The molecular weight excluding hydrogens is 1760 g/mol. The van der Waals surface area contributed by atoms with Crippen molar-refractivity contribution in [1.82, 2.24) is 0 Å². The number of esters is 5. The first kappa shape index (κ1) is 107. The minimum atomic E-state index is -1.94. The fourth-order valence-corrected chi connectivity index (χ4v) is 18.6. The van der Waals surface area contributed by atoms with Gasteiger partial charge in [-0.1, -0.05) is 370 Å². The number of nitrogens with two attached hydrogens (primary N) is 1. The Balaban J connectivity index is 0.00000228. The van der Waals surface area contributed by atoms with E-state index in [4.69, 9.17) is 60.0 Å². The van der Waals surface area contributed by atoms with Crippen molar-refractivity contribution in [3.05, 3.63) is 18.3 Å². The Hall–Kier alpha value is -2.85. The molecule has 2 N–H and O–H groups in total. The summed E-state index contributed by atoms with van der Waals surface area (Å²) in [6.07, 6.45) is 58.1. The highest BCUT2D eigenvalue weighted by atomic mass is 127. The van der Waals surface area contributed by atoms with Crippen LogP contribution in [-0.4, -0.2) is 114 Å². The minimum Gasteiger partial charge on any atom is -0.462 e. The Kier molecular flexibility index (Phi) is 71.8. The predicted molar refractivity (Wildman–Crippen MR) is 467 cm³/mol. The second-order valence-electron chi connectivity index (χ2n) is 30.2. The third-order valence-corrected chi connectivity index (χ3v) is 24.0. The van der Waals surface area contributed by atoms with E-state index in [2.05, 4.69) is 27.7 Å². The lowest BCUT2D eigenvalue weighted by Gasteiger charge is -2.38. The van der Waals surface area contributed by atoms with Crippen LogP contribution in [0.2, 0.25) is 0 Å². The molecule has 4 atom stereocenters. The second kappa shape index (κ2) is 73.8. The molecule has 0 radical (unpaired) electrons. The molecule has 1 aliphatic rings. The van der Waals surface area contributed by atoms with E-state index >= 15 is 0 Å². The average Bonchev–Trinajstić information content (AvgIpc) is 0.736. The van der Waals surface area contributed by atoms with E-state index in [-0.39, 0.29) is 77.5 Å². The zero-order valence-corrected chi connectivity index (χ0v) is 77.0. The van der Waals surface area contributed by atoms with Gasteiger partial charge < -0.3 is 48.4 Å². The topological polar surface area (TPSA) is 263 Å². The highest BCUT2D eigenvalue weighted by Gasteiger charge is 2.53. The van der Waals surface area contributed by atoms with E-state index in [0.717, 1.165) is 77.0 Å². The maximum atomic E-state index is 13.6. The van der Waals surface area contributed by atoms with E-state index in [0.29, 0.717) is 29.3 Å². The van der Waals surface area contributed by atoms with Gasteiger partial charge in [-0.05, 0) is 91.6 Å². The first-order valence-corrected chi connectivity index (χ1v) is 47.3. The van der Waals surface area contributed by atoms with Gasteiger partial charge in [-0.2, -0.15) is 0 Å². The van der Waals surface area contributed by atoms with Crippen molar-refractivity contribution < 1.29 is 85.8 Å². The molecule has 0 aromatic rings. The molecule has 0 fully saturated rings. The number of alkyl halides is 2. The van der Waals surface area contributed by atoms with Gasteiger partial charge in [-0.25, -0.2) is 14.4 Å². The van der Waals surface area contributed by atoms with E-state index in [9.17, 15) is 43.2 Å². The van der Waals surface area contributed by atoms with Gasteiger partial charge in [-0.3, -0.25) is 28.8 Å². The molecule has 0 aromatic heterocycles. The molecule has 1 rings (SSSR count). The van der Waals surface area contributed by atoms with Crippen LogP contribution >= 0.6 is 79.4 Å². The van der Waals surface area contributed by atoms with Gasteiger partial charge in [0.1, 0.15) is 26.4 Å². The van der Waals surface area contributed by atoms with Crippen LogP contribution in [0.4, 0.5) is 9.59 Å². The first-order valence-electron chi connectivity index (χ1n) is 43.5. The SMILES string of the molecule is CCCCCCCCCCCCCCCC(=O)OCC(COC(=O)CCCCCCCCCCCCCCC)OC(=O)OC(C)Cl.CCCCCCCCCCCCCCCC(=O)OCC(COC(=O)CCCCCCCCCCCCCCC)OC(=O)OC(C)OC(=O)C1(N)C(I)=C(C(C)=O)C(I)=C(C(C)=O)C1I. The van der Waals surface area contributed by atoms with E-state index in [1.165, 1.54) is 272 Å². The zero-order chi connectivity index (χ0) is 81.7. The minimum absolute atomic E-state index is 0.141. The summed E-state index contributed by atoms with van der Waals surface area (Å²) in [5.74, 6) is -3.39. The average molecular weight is 1920 g/mol. The van der Waals surface area contributed by atoms with Gasteiger partial charge in [0.25, 0.3) is 0 Å². The van der Waals surface area contributed by atoms with Crippen molar-refractivity contribution in [2.24, 2.45) is 5.73 Å². The molecular formula is C87H151ClI3NO18. The number of ether oxygens (including phenoxy) is 9. The smallest absolute Gasteiger partial charge is 0.462 e. The van der Waals surface area contributed by atoms with Gasteiger partial charge in [0, 0.05) is 50.9 Å². The molecule has 4 unspecified atom stereocenters. The molecule has 0 aromatic carbocycles. The fraction of sp³-hybridized carbons (Fsp3) is 0.851. The third-order valence-electron chi connectivity index (χ3n) is 19.7. The fourth-order valence-electron chi connectivity index (χ4n) is 13.0. The molecule has 23 heteroatoms. The van der Waals surface area contributed by atoms with Crippen LogP contribution in [0.1, 0.15) is 415 Å². The number of ketones is 2. The Labute approximate surface area is 712 Å². The largest absolute Gasteiger partial charge is 0.511 e. The Bertz CT molecular complexity index is 2410. The van der Waals surface area contributed by atoms with Gasteiger partial charge in [0.05, 0.1) is 3.92 Å². The summed E-state index contributed by atoms with van der Waals surface area (Å²) >= 11 is 11.3. The van der Waals surface area contributed by atoms with Gasteiger partial charge in [0.15, 0.2) is 34.9 Å². The van der Waals surface area contributed by atoms with E-state index in [1.807, 2.05) is 67.8 Å². The predicted octanol–water partition coefficient (Wildman–Crippen LogP) is 25.7. The normalized spacial score (nSPS) is 14.7. The van der Waals surface area contributed by atoms with Crippen molar-refractivity contribution in [3.63, 3.8) is 0 Å². The van der Waals surface area contributed by atoms with Crippen molar-refractivity contribution in [2.75, 3.05) is 26.4 Å². The van der Waals surface area contributed by atoms with Crippen molar-refractivity contribution in [2.45, 2.75) is 448 Å². The third kappa shape index (κ3) is 58.9. The lowest BCUT2D eigenvalue weighted by molar-refractivity contribution is -0.176. The van der Waals surface area contributed by atoms with Gasteiger partial charge in [0.2, 0.25) is 6.29 Å². The number of halogens is 4. The van der Waals surface area contributed by atoms with Crippen LogP contribution in [0, 0.1) is 0 Å². The number of Topliss-reactive ketones (excluding diaryl/α,β-unsaturated/α-hetero) is 2. The summed E-state index contributed by atoms with van der Waals surface area (Å²) in [5.41, 5.74) is 4.17. The van der Waals surface area contributed by atoms with E-state index < -0.39 is 63.7 Å². The number of rotatable bonds is 72. The second-order valence-corrected chi connectivity index (χ2v) is 34.2. The summed E-state index contributed by atoms with van der Waals surface area (Å²) in [5, 5.41) is 0. The van der Waals surface area contributed by atoms with Crippen molar-refractivity contribution in [3.8, 4) is 0 Å². The number of unbranched alkanes of at least 4 members (excludes halogenated alkanes) is 48. The molecule has 640 valence electrons. The van der Waals surface area contributed by atoms with E-state index in [1.54, 1.807) is 0 Å². The van der Waals surface area contributed by atoms with Crippen LogP contribution in [-0.2, 0) is 76.2 Å². The van der Waals surface area contributed by atoms with Gasteiger partial charge in [-0.15, -0.1) is 0 Å². The molecule has 1 aliphatic carbocycles.